The van der Waals surface area contributed by atoms with E-state index >= 15 is 0 Å². The van der Waals surface area contributed by atoms with Gasteiger partial charge in [0, 0.05) is 61.7 Å². The monoisotopic (exact) mass is 619 g/mol. The lowest BCUT2D eigenvalue weighted by molar-refractivity contribution is 0.148. The Morgan fingerprint density at radius 2 is 1.51 bits per heavy atom. The van der Waals surface area contributed by atoms with Crippen molar-refractivity contribution >= 4 is 11.3 Å². The molecule has 0 radical (unpaired) electrons. The van der Waals surface area contributed by atoms with E-state index in [0.29, 0.717) is 0 Å². The van der Waals surface area contributed by atoms with Crippen molar-refractivity contribution in [3.05, 3.63) is 112 Å². The normalized spacial score (nSPS) is 15.0. The van der Waals surface area contributed by atoms with Crippen LogP contribution in [0.1, 0.15) is 38.7 Å². The predicted molar refractivity (Wildman–Crippen MR) is 183 cm³/mol. The van der Waals surface area contributed by atoms with E-state index in [1.807, 2.05) is 42.6 Å². The molecule has 1 N–H and O–H groups in total. The molecule has 1 saturated heterocycles. The third kappa shape index (κ3) is 5.91. The first-order valence-electron chi connectivity index (χ1n) is 15.7. The van der Waals surface area contributed by atoms with Crippen LogP contribution in [0.25, 0.3) is 21.8 Å². The summed E-state index contributed by atoms with van der Waals surface area (Å²) in [5.74, 6) is 1.68. The molecule has 7 nitrogen and oxygen atoms in total. The number of methoxy groups -OCH3 is 2. The summed E-state index contributed by atoms with van der Waals surface area (Å²) < 4.78 is 13.3. The lowest BCUT2D eigenvalue weighted by Gasteiger charge is -2.32. The summed E-state index contributed by atoms with van der Waals surface area (Å²) in [6.07, 6.45) is 0.883. The van der Waals surface area contributed by atoms with Crippen LogP contribution in [0.2, 0.25) is 0 Å². The van der Waals surface area contributed by atoms with Crippen molar-refractivity contribution in [3.63, 3.8) is 0 Å². The van der Waals surface area contributed by atoms with Gasteiger partial charge in [0.15, 0.2) is 0 Å². The molecule has 0 atom stereocenters. The number of benzene rings is 3. The molecular formula is C37H41N5O2S. The number of aromatic nitrogens is 2. The zero-order valence-corrected chi connectivity index (χ0v) is 27.4. The van der Waals surface area contributed by atoms with E-state index in [2.05, 4.69) is 81.4 Å². The van der Waals surface area contributed by atoms with Crippen LogP contribution in [-0.4, -0.2) is 74.1 Å². The van der Waals surface area contributed by atoms with Crippen molar-refractivity contribution < 1.29 is 9.47 Å². The fourth-order valence-corrected chi connectivity index (χ4v) is 7.74. The van der Waals surface area contributed by atoms with Crippen molar-refractivity contribution in [1.29, 1.82) is 0 Å². The van der Waals surface area contributed by atoms with Crippen LogP contribution < -0.4 is 14.8 Å². The standard InChI is InChI=1S/C37H41N5O2S/c1-38-23-31-14-16-34(45-31)35-33-22-28-21-25(24-41-19-17-40(2)18-20-41)5-15-32(28)37(33)42(39-35)36(26-6-10-29(43-3)11-7-26)27-8-12-30(44-4)13-9-27/h5-16,21,36,38H,17-20,22-24H2,1-4H3. The predicted octanol–water partition coefficient (Wildman–Crippen LogP) is 6.30. The summed E-state index contributed by atoms with van der Waals surface area (Å²) in [6.45, 7) is 6.34. The quantitative estimate of drug-likeness (QED) is 0.194. The van der Waals surface area contributed by atoms with E-state index in [1.54, 1.807) is 14.2 Å². The number of piperazine rings is 1. The van der Waals surface area contributed by atoms with Crippen LogP contribution in [0.5, 0.6) is 11.5 Å². The second-order valence-corrected chi connectivity index (χ2v) is 13.3. The molecule has 0 bridgehead atoms. The third-order valence-corrected chi connectivity index (χ3v) is 10.2. The van der Waals surface area contributed by atoms with Crippen molar-refractivity contribution in [3.8, 4) is 33.3 Å². The van der Waals surface area contributed by atoms with E-state index < -0.39 is 0 Å². The largest absolute Gasteiger partial charge is 0.497 e. The first-order valence-corrected chi connectivity index (χ1v) is 16.5. The fraction of sp³-hybridized carbons (Fsp3) is 0.324. The Morgan fingerprint density at radius 1 is 0.844 bits per heavy atom. The smallest absolute Gasteiger partial charge is 0.118 e. The van der Waals surface area contributed by atoms with Crippen molar-refractivity contribution in [1.82, 2.24) is 24.9 Å². The van der Waals surface area contributed by atoms with E-state index in [9.17, 15) is 0 Å². The number of fused-ring (bicyclic) bond motifs is 3. The van der Waals surface area contributed by atoms with Gasteiger partial charge in [-0.25, -0.2) is 0 Å². The fourth-order valence-electron chi connectivity index (χ4n) is 6.71. The molecule has 45 heavy (non-hydrogen) atoms. The van der Waals surface area contributed by atoms with E-state index in [1.165, 1.54) is 37.7 Å². The van der Waals surface area contributed by atoms with Crippen LogP contribution in [-0.2, 0) is 19.5 Å². The van der Waals surface area contributed by atoms with Crippen molar-refractivity contribution in [2.24, 2.45) is 0 Å². The highest BCUT2D eigenvalue weighted by Gasteiger charge is 2.33. The lowest BCUT2D eigenvalue weighted by atomic mass is 9.97. The Morgan fingerprint density at radius 3 is 2.13 bits per heavy atom. The molecule has 232 valence electrons. The molecule has 1 aliphatic heterocycles. The van der Waals surface area contributed by atoms with Gasteiger partial charge in [-0.3, -0.25) is 9.58 Å². The summed E-state index contributed by atoms with van der Waals surface area (Å²) in [7, 11) is 7.63. The van der Waals surface area contributed by atoms with Crippen LogP contribution in [0.3, 0.4) is 0 Å². The highest BCUT2D eigenvalue weighted by atomic mass is 32.1. The maximum Gasteiger partial charge on any atom is 0.118 e. The minimum absolute atomic E-state index is 0.128. The molecule has 3 heterocycles. The Bertz CT molecular complexity index is 1720. The molecule has 0 spiro atoms. The molecule has 0 saturated carbocycles. The van der Waals surface area contributed by atoms with Crippen molar-refractivity contribution in [2.75, 3.05) is 54.5 Å². The molecule has 0 amide bonds. The SMILES string of the molecule is CNCc1ccc(-c2nn(C(c3ccc(OC)cc3)c3ccc(OC)cc3)c3c2Cc2cc(CN4CCN(C)CC4)ccc2-3)s1. The summed E-state index contributed by atoms with van der Waals surface area (Å²) in [5, 5.41) is 8.77. The number of hydrogen-bond acceptors (Lipinski definition) is 7. The highest BCUT2D eigenvalue weighted by Crippen LogP contribution is 2.46. The molecule has 2 aromatic heterocycles. The summed E-state index contributed by atoms with van der Waals surface area (Å²) in [5.41, 5.74) is 9.97. The maximum atomic E-state index is 5.52. The Kier molecular flexibility index (Phi) is 8.47. The minimum atomic E-state index is -0.128. The molecule has 1 aliphatic carbocycles. The van der Waals surface area contributed by atoms with Gasteiger partial charge in [-0.15, -0.1) is 11.3 Å². The number of hydrogen-bond donors (Lipinski definition) is 1. The van der Waals surface area contributed by atoms with E-state index in [-0.39, 0.29) is 6.04 Å². The topological polar surface area (TPSA) is 54.8 Å². The zero-order chi connectivity index (χ0) is 30.9. The zero-order valence-electron chi connectivity index (χ0n) is 26.5. The molecular weight excluding hydrogens is 579 g/mol. The van der Waals surface area contributed by atoms with Gasteiger partial charge in [0.1, 0.15) is 23.2 Å². The number of likely N-dealkylation sites (N-methyl/N-ethyl adjacent to an activating group) is 1. The first kappa shape index (κ1) is 29.7. The van der Waals surface area contributed by atoms with Crippen LogP contribution >= 0.6 is 11.3 Å². The van der Waals surface area contributed by atoms with Gasteiger partial charge in [-0.05, 0) is 72.7 Å². The second-order valence-electron chi connectivity index (χ2n) is 12.1. The molecule has 8 heteroatoms. The Hall–Kier alpha value is -3.95. The average molecular weight is 620 g/mol. The number of nitrogens with zero attached hydrogens (tertiary/aromatic N) is 4. The van der Waals surface area contributed by atoms with Crippen LogP contribution in [0.15, 0.2) is 78.9 Å². The van der Waals surface area contributed by atoms with Gasteiger partial charge < -0.3 is 19.7 Å². The molecule has 5 aromatic rings. The second kappa shape index (κ2) is 12.8. The number of ether oxygens (including phenoxy) is 2. The molecule has 1 fully saturated rings. The number of rotatable bonds is 10. The molecule has 0 unspecified atom stereocenters. The number of nitrogens with one attached hydrogen (secondary N) is 1. The average Bonchev–Trinajstić information content (AvgIpc) is 3.78. The number of thiophene rings is 1. The Labute approximate surface area is 270 Å². The van der Waals surface area contributed by atoms with Gasteiger partial charge >= 0.3 is 0 Å². The Balaban J connectivity index is 1.35. The maximum absolute atomic E-state index is 5.52. The summed E-state index contributed by atoms with van der Waals surface area (Å²) in [6, 6.07) is 28.2. The summed E-state index contributed by atoms with van der Waals surface area (Å²) >= 11 is 1.83. The first-order chi connectivity index (χ1) is 22.0. The van der Waals surface area contributed by atoms with Gasteiger partial charge in [0.05, 0.1) is 24.8 Å². The highest BCUT2D eigenvalue weighted by molar-refractivity contribution is 7.15. The van der Waals surface area contributed by atoms with Gasteiger partial charge in [-0.2, -0.15) is 5.10 Å². The van der Waals surface area contributed by atoms with E-state index in [4.69, 9.17) is 14.6 Å². The molecule has 2 aliphatic rings. The molecule has 7 rings (SSSR count). The van der Waals surface area contributed by atoms with Crippen molar-refractivity contribution in [2.45, 2.75) is 25.6 Å². The minimum Gasteiger partial charge on any atom is -0.497 e. The lowest BCUT2D eigenvalue weighted by Crippen LogP contribution is -2.43. The molecule has 3 aromatic carbocycles. The van der Waals surface area contributed by atoms with Crippen LogP contribution in [0, 0.1) is 0 Å². The van der Waals surface area contributed by atoms with E-state index in [0.717, 1.165) is 74.0 Å². The third-order valence-electron chi connectivity index (χ3n) is 9.16. The van der Waals surface area contributed by atoms with Gasteiger partial charge in [0.2, 0.25) is 0 Å². The van der Waals surface area contributed by atoms with Gasteiger partial charge in [0.25, 0.3) is 0 Å². The van der Waals surface area contributed by atoms with Gasteiger partial charge in [-0.1, -0.05) is 42.5 Å². The van der Waals surface area contributed by atoms with Crippen LogP contribution in [0.4, 0.5) is 0 Å². The summed E-state index contributed by atoms with van der Waals surface area (Å²) in [4.78, 5) is 7.51.